The van der Waals surface area contributed by atoms with Gasteiger partial charge < -0.3 is 16.2 Å². The Hall–Kier alpha value is -1.50. The Kier molecular flexibility index (Phi) is 3.75. The fraction of sp³-hybridized carbons (Fsp3) is 0.500. The van der Waals surface area contributed by atoms with E-state index in [1.54, 1.807) is 0 Å². The lowest BCUT2D eigenvalue weighted by molar-refractivity contribution is 0.0645. The van der Waals surface area contributed by atoms with Crippen molar-refractivity contribution >= 4 is 12.1 Å². The van der Waals surface area contributed by atoms with Gasteiger partial charge in [0.2, 0.25) is 6.35 Å². The van der Waals surface area contributed by atoms with Crippen LogP contribution in [0.4, 0.5) is 9.59 Å². The second kappa shape index (κ2) is 4.34. The summed E-state index contributed by atoms with van der Waals surface area (Å²) in [4.78, 5) is 20.4. The number of hydrogen-bond acceptors (Lipinski definition) is 3. The lowest BCUT2D eigenvalue weighted by atomic mass is 10.8. The second-order valence-corrected chi connectivity index (χ2v) is 1.63. The molecule has 4 amide bonds. The number of rotatable bonds is 3. The first-order valence-corrected chi connectivity index (χ1v) is 2.71. The number of primary amides is 2. The van der Waals surface area contributed by atoms with Crippen molar-refractivity contribution in [1.29, 1.82) is 0 Å². The summed E-state index contributed by atoms with van der Waals surface area (Å²) in [7, 11) is 1.27. The minimum Gasteiger partial charge on any atom is -0.352 e. The molecule has 0 saturated carbocycles. The van der Waals surface area contributed by atoms with Gasteiger partial charge in [-0.3, -0.25) is 10.6 Å². The maximum atomic E-state index is 10.2. The molecule has 0 aliphatic carbocycles. The Balaban J connectivity index is 3.76. The molecule has 0 aliphatic heterocycles. The van der Waals surface area contributed by atoms with E-state index in [1.165, 1.54) is 7.11 Å². The first-order chi connectivity index (χ1) is 5.06. The van der Waals surface area contributed by atoms with E-state index >= 15 is 0 Å². The van der Waals surface area contributed by atoms with Gasteiger partial charge in [0.1, 0.15) is 0 Å². The van der Waals surface area contributed by atoms with E-state index in [1.807, 2.05) is 0 Å². The van der Waals surface area contributed by atoms with E-state index in [0.717, 1.165) is 0 Å². The molecule has 0 aromatic carbocycles. The van der Waals surface area contributed by atoms with Gasteiger partial charge in [-0.1, -0.05) is 0 Å². The van der Waals surface area contributed by atoms with E-state index in [0.29, 0.717) is 0 Å². The van der Waals surface area contributed by atoms with Crippen molar-refractivity contribution in [3.63, 3.8) is 0 Å². The molecule has 0 rings (SSSR count). The normalized spacial score (nSPS) is 9.27. The van der Waals surface area contributed by atoms with Crippen LogP contribution in [0.5, 0.6) is 0 Å². The minimum atomic E-state index is -0.981. The predicted octanol–water partition coefficient (Wildman–Crippen LogP) is -1.75. The highest BCUT2D eigenvalue weighted by Gasteiger charge is 2.08. The van der Waals surface area contributed by atoms with Gasteiger partial charge in [0, 0.05) is 7.11 Å². The molecule has 0 aromatic rings. The average Bonchev–Trinajstić information content (AvgIpc) is 1.84. The number of nitrogens with one attached hydrogen (secondary N) is 2. The van der Waals surface area contributed by atoms with Crippen molar-refractivity contribution in [2.45, 2.75) is 6.35 Å². The van der Waals surface area contributed by atoms with E-state index in [-0.39, 0.29) is 0 Å². The smallest absolute Gasteiger partial charge is 0.315 e. The molecule has 64 valence electrons. The van der Waals surface area contributed by atoms with Crippen LogP contribution in [0.25, 0.3) is 0 Å². The van der Waals surface area contributed by atoms with Crippen LogP contribution in [-0.2, 0) is 4.74 Å². The maximum absolute atomic E-state index is 10.2. The number of hydrogen-bond donors (Lipinski definition) is 4. The number of amides is 4. The molecule has 7 heteroatoms. The zero-order valence-corrected chi connectivity index (χ0v) is 5.96. The fourth-order valence-electron chi connectivity index (χ4n) is 0.412. The quantitative estimate of drug-likeness (QED) is 0.368. The van der Waals surface area contributed by atoms with Crippen molar-refractivity contribution in [2.75, 3.05) is 7.11 Å². The zero-order valence-electron chi connectivity index (χ0n) is 5.96. The van der Waals surface area contributed by atoms with Crippen molar-refractivity contribution < 1.29 is 14.3 Å². The molecule has 0 unspecified atom stereocenters. The highest BCUT2D eigenvalue weighted by Crippen LogP contribution is 1.76. The molecule has 0 spiro atoms. The first-order valence-electron chi connectivity index (χ1n) is 2.71. The van der Waals surface area contributed by atoms with Gasteiger partial charge in [-0.05, 0) is 0 Å². The highest BCUT2D eigenvalue weighted by atomic mass is 16.5. The van der Waals surface area contributed by atoms with E-state index < -0.39 is 18.4 Å². The van der Waals surface area contributed by atoms with Crippen molar-refractivity contribution in [3.05, 3.63) is 0 Å². The summed E-state index contributed by atoms with van der Waals surface area (Å²) in [5.41, 5.74) is 9.44. The summed E-state index contributed by atoms with van der Waals surface area (Å²) in [6, 6.07) is -1.63. The Labute approximate surface area is 63.1 Å². The summed E-state index contributed by atoms with van der Waals surface area (Å²) >= 11 is 0. The number of methoxy groups -OCH3 is 1. The topological polar surface area (TPSA) is 119 Å². The maximum Gasteiger partial charge on any atom is 0.315 e. The van der Waals surface area contributed by atoms with Crippen molar-refractivity contribution in [3.8, 4) is 0 Å². The van der Waals surface area contributed by atoms with Crippen LogP contribution in [0.2, 0.25) is 0 Å². The number of nitrogens with two attached hydrogens (primary N) is 2. The van der Waals surface area contributed by atoms with Gasteiger partial charge in [0.25, 0.3) is 0 Å². The van der Waals surface area contributed by atoms with Crippen molar-refractivity contribution in [1.82, 2.24) is 10.6 Å². The van der Waals surface area contributed by atoms with E-state index in [4.69, 9.17) is 11.5 Å². The summed E-state index contributed by atoms with van der Waals surface area (Å²) < 4.78 is 4.55. The number of ether oxygens (including phenoxy) is 1. The molecule has 6 N–H and O–H groups in total. The Bertz CT molecular complexity index is 143. The molecule has 0 radical (unpaired) electrons. The Morgan fingerprint density at radius 1 is 1.27 bits per heavy atom. The van der Waals surface area contributed by atoms with E-state index in [2.05, 4.69) is 15.4 Å². The molecular formula is C4H10N4O3. The van der Waals surface area contributed by atoms with Crippen LogP contribution >= 0.6 is 0 Å². The monoisotopic (exact) mass is 162 g/mol. The van der Waals surface area contributed by atoms with Crippen LogP contribution in [0, 0.1) is 0 Å². The molecular weight excluding hydrogens is 152 g/mol. The van der Waals surface area contributed by atoms with Gasteiger partial charge in [-0.2, -0.15) is 0 Å². The molecule has 0 atom stereocenters. The molecule has 7 nitrogen and oxygen atoms in total. The van der Waals surface area contributed by atoms with Gasteiger partial charge >= 0.3 is 12.1 Å². The third-order valence-corrected chi connectivity index (χ3v) is 0.782. The molecule has 0 saturated heterocycles. The largest absolute Gasteiger partial charge is 0.352 e. The van der Waals surface area contributed by atoms with Crippen LogP contribution in [0.3, 0.4) is 0 Å². The van der Waals surface area contributed by atoms with Gasteiger partial charge in [0.15, 0.2) is 0 Å². The van der Waals surface area contributed by atoms with Crippen LogP contribution in [0.15, 0.2) is 0 Å². The number of carbonyl (C=O) groups excluding carboxylic acids is 2. The van der Waals surface area contributed by atoms with Crippen LogP contribution in [0.1, 0.15) is 0 Å². The second-order valence-electron chi connectivity index (χ2n) is 1.63. The lowest BCUT2D eigenvalue weighted by Gasteiger charge is -2.14. The molecule has 0 bridgehead atoms. The summed E-state index contributed by atoms with van der Waals surface area (Å²) in [6.45, 7) is 0. The first kappa shape index (κ1) is 9.50. The van der Waals surface area contributed by atoms with Gasteiger partial charge in [0.05, 0.1) is 0 Å². The third-order valence-electron chi connectivity index (χ3n) is 0.782. The molecule has 0 aliphatic rings. The van der Waals surface area contributed by atoms with Gasteiger partial charge in [-0.15, -0.1) is 0 Å². The Morgan fingerprint density at radius 2 is 1.64 bits per heavy atom. The van der Waals surface area contributed by atoms with Crippen LogP contribution in [-0.4, -0.2) is 25.5 Å². The number of carbonyl (C=O) groups is 2. The number of urea groups is 2. The SMILES string of the molecule is COC(NC(N)=O)NC(N)=O. The molecule has 11 heavy (non-hydrogen) atoms. The zero-order chi connectivity index (χ0) is 8.85. The van der Waals surface area contributed by atoms with E-state index in [9.17, 15) is 9.59 Å². The van der Waals surface area contributed by atoms with Crippen molar-refractivity contribution in [2.24, 2.45) is 11.5 Å². The minimum absolute atomic E-state index is 0.814. The lowest BCUT2D eigenvalue weighted by Crippen LogP contribution is -2.52. The fourth-order valence-corrected chi connectivity index (χ4v) is 0.412. The summed E-state index contributed by atoms with van der Waals surface area (Å²) in [6.07, 6.45) is -0.981. The molecule has 0 aromatic heterocycles. The summed E-state index contributed by atoms with van der Waals surface area (Å²) in [5.74, 6) is 0. The predicted molar refractivity (Wildman–Crippen MR) is 36.2 cm³/mol. The van der Waals surface area contributed by atoms with Crippen LogP contribution < -0.4 is 22.1 Å². The molecule has 0 heterocycles. The standard InChI is InChI=1S/C4H10N4O3/c1-11-4(7-2(5)9)8-3(6)10/h4H,1H3,(H3,5,7,9)(H3,6,8,10). The average molecular weight is 162 g/mol. The van der Waals surface area contributed by atoms with Gasteiger partial charge in [-0.25, -0.2) is 9.59 Å². The molecule has 0 fully saturated rings. The Morgan fingerprint density at radius 3 is 1.82 bits per heavy atom. The summed E-state index contributed by atoms with van der Waals surface area (Å²) in [5, 5.41) is 4.13. The third kappa shape index (κ3) is 4.97. The highest BCUT2D eigenvalue weighted by molar-refractivity contribution is 5.74.